The van der Waals surface area contributed by atoms with Crippen LogP contribution in [-0.2, 0) is 9.47 Å². The summed E-state index contributed by atoms with van der Waals surface area (Å²) >= 11 is 0. The molecule has 1 aromatic carbocycles. The lowest BCUT2D eigenvalue weighted by Gasteiger charge is -2.39. The molecule has 3 rings (SSSR count). The van der Waals surface area contributed by atoms with E-state index in [0.29, 0.717) is 18.9 Å². The number of anilines is 1. The van der Waals surface area contributed by atoms with Crippen LogP contribution in [0, 0.1) is 5.92 Å². The highest BCUT2D eigenvalue weighted by Crippen LogP contribution is 2.41. The summed E-state index contributed by atoms with van der Waals surface area (Å²) in [5.41, 5.74) is 7.29. The Bertz CT molecular complexity index is 443. The Labute approximate surface area is 113 Å². The summed E-state index contributed by atoms with van der Waals surface area (Å²) in [5.74, 6) is 0.195. The van der Waals surface area contributed by atoms with Crippen LogP contribution in [0.15, 0.2) is 24.3 Å². The van der Waals surface area contributed by atoms with Gasteiger partial charge in [0.25, 0.3) is 0 Å². The minimum absolute atomic E-state index is 0.173. The lowest BCUT2D eigenvalue weighted by molar-refractivity contribution is -0.117. The molecule has 104 valence electrons. The monoisotopic (exact) mass is 263 g/mol. The van der Waals surface area contributed by atoms with Gasteiger partial charge in [-0.1, -0.05) is 18.2 Å². The number of aliphatic hydroxyl groups excluding tert-OH is 1. The number of ether oxygens (including phenoxy) is 2. The third-order valence-electron chi connectivity index (χ3n) is 4.36. The van der Waals surface area contributed by atoms with Crippen LogP contribution in [0.3, 0.4) is 0 Å². The highest BCUT2D eigenvalue weighted by atomic mass is 16.6. The standard InChI is InChI=1S/C15H21NO3/c16-13-4-2-1-3-12(13)14(17)11-5-7-19-15(9-11)6-8-18-10-15/h1-4,11,14,17H,5-10,16H2. The van der Waals surface area contributed by atoms with Gasteiger partial charge in [-0.15, -0.1) is 0 Å². The number of nitrogens with two attached hydrogens (primary N) is 1. The van der Waals surface area contributed by atoms with Crippen molar-refractivity contribution in [3.63, 3.8) is 0 Å². The Kier molecular flexibility index (Phi) is 3.48. The molecule has 1 spiro atoms. The second kappa shape index (κ2) is 5.12. The molecule has 0 aromatic heterocycles. The molecule has 4 nitrogen and oxygen atoms in total. The van der Waals surface area contributed by atoms with Crippen LogP contribution in [0.25, 0.3) is 0 Å². The summed E-state index contributed by atoms with van der Waals surface area (Å²) in [5, 5.41) is 10.6. The van der Waals surface area contributed by atoms with Crippen LogP contribution in [-0.4, -0.2) is 30.5 Å². The predicted molar refractivity (Wildman–Crippen MR) is 72.7 cm³/mol. The van der Waals surface area contributed by atoms with E-state index >= 15 is 0 Å². The van der Waals surface area contributed by atoms with Crippen LogP contribution >= 0.6 is 0 Å². The first-order valence-electron chi connectivity index (χ1n) is 6.94. The van der Waals surface area contributed by atoms with E-state index < -0.39 is 6.10 Å². The molecule has 0 radical (unpaired) electrons. The Hall–Kier alpha value is -1.10. The summed E-state index contributed by atoms with van der Waals surface area (Å²) in [6.45, 7) is 2.11. The summed E-state index contributed by atoms with van der Waals surface area (Å²) in [6.07, 6.45) is 2.14. The molecular weight excluding hydrogens is 242 g/mol. The molecule has 2 heterocycles. The van der Waals surface area contributed by atoms with E-state index in [9.17, 15) is 5.11 Å². The minimum atomic E-state index is -0.512. The normalized spacial score (nSPS) is 32.6. The maximum Gasteiger partial charge on any atom is 0.0940 e. The van der Waals surface area contributed by atoms with Crippen LogP contribution in [0.1, 0.15) is 30.9 Å². The zero-order valence-electron chi connectivity index (χ0n) is 11.0. The highest BCUT2D eigenvalue weighted by molar-refractivity contribution is 5.47. The molecule has 3 atom stereocenters. The van der Waals surface area contributed by atoms with Crippen LogP contribution in [0.2, 0.25) is 0 Å². The molecule has 4 heteroatoms. The van der Waals surface area contributed by atoms with E-state index in [1.165, 1.54) is 0 Å². The second-order valence-electron chi connectivity index (χ2n) is 5.66. The van der Waals surface area contributed by atoms with E-state index in [4.69, 9.17) is 15.2 Å². The average molecular weight is 263 g/mol. The topological polar surface area (TPSA) is 64.7 Å². The molecule has 2 aliphatic rings. The van der Waals surface area contributed by atoms with Gasteiger partial charge in [-0.25, -0.2) is 0 Å². The van der Waals surface area contributed by atoms with Gasteiger partial charge in [0.1, 0.15) is 0 Å². The Morgan fingerprint density at radius 2 is 2.16 bits per heavy atom. The van der Waals surface area contributed by atoms with E-state index in [2.05, 4.69) is 0 Å². The molecule has 0 saturated carbocycles. The third-order valence-corrected chi connectivity index (χ3v) is 4.36. The Morgan fingerprint density at radius 1 is 1.32 bits per heavy atom. The van der Waals surface area contributed by atoms with Gasteiger partial charge in [0.15, 0.2) is 0 Å². The van der Waals surface area contributed by atoms with Crippen molar-refractivity contribution in [2.24, 2.45) is 5.92 Å². The first-order valence-corrected chi connectivity index (χ1v) is 6.94. The number of nitrogen functional groups attached to an aromatic ring is 1. The van der Waals surface area contributed by atoms with Crippen LogP contribution in [0.4, 0.5) is 5.69 Å². The predicted octanol–water partition coefficient (Wildman–Crippen LogP) is 1.89. The SMILES string of the molecule is Nc1ccccc1C(O)C1CCOC2(CCOC2)C1. The van der Waals surface area contributed by atoms with Crippen molar-refractivity contribution in [2.75, 3.05) is 25.6 Å². The molecule has 0 aliphatic carbocycles. The molecule has 19 heavy (non-hydrogen) atoms. The first kappa shape index (κ1) is 12.9. The lowest BCUT2D eigenvalue weighted by Crippen LogP contribution is -2.41. The maximum atomic E-state index is 10.6. The van der Waals surface area contributed by atoms with Crippen molar-refractivity contribution in [3.8, 4) is 0 Å². The zero-order valence-corrected chi connectivity index (χ0v) is 11.0. The van der Waals surface area contributed by atoms with Crippen molar-refractivity contribution in [1.29, 1.82) is 0 Å². The van der Waals surface area contributed by atoms with Gasteiger partial charge in [0.2, 0.25) is 0 Å². The van der Waals surface area contributed by atoms with Crippen molar-refractivity contribution >= 4 is 5.69 Å². The van der Waals surface area contributed by atoms with Gasteiger partial charge in [-0.05, 0) is 24.8 Å². The quantitative estimate of drug-likeness (QED) is 0.800. The average Bonchev–Trinajstić information content (AvgIpc) is 2.86. The van der Waals surface area contributed by atoms with Gasteiger partial charge >= 0.3 is 0 Å². The molecule has 3 unspecified atom stereocenters. The van der Waals surface area contributed by atoms with Crippen molar-refractivity contribution in [1.82, 2.24) is 0 Å². The fourth-order valence-corrected chi connectivity index (χ4v) is 3.23. The van der Waals surface area contributed by atoms with Gasteiger partial charge in [-0.3, -0.25) is 0 Å². The number of rotatable bonds is 2. The van der Waals surface area contributed by atoms with E-state index in [-0.39, 0.29) is 11.5 Å². The molecule has 2 saturated heterocycles. The number of hydrogen-bond donors (Lipinski definition) is 2. The molecule has 2 fully saturated rings. The van der Waals surface area contributed by atoms with Gasteiger partial charge in [0, 0.05) is 30.9 Å². The first-order chi connectivity index (χ1) is 9.20. The fourth-order valence-electron chi connectivity index (χ4n) is 3.23. The van der Waals surface area contributed by atoms with Gasteiger partial charge < -0.3 is 20.3 Å². The summed E-state index contributed by atoms with van der Waals surface area (Å²) in [7, 11) is 0. The molecule has 3 N–H and O–H groups in total. The van der Waals surface area contributed by atoms with Crippen molar-refractivity contribution in [2.45, 2.75) is 31.0 Å². The molecular formula is C15H21NO3. The largest absolute Gasteiger partial charge is 0.398 e. The van der Waals surface area contributed by atoms with Crippen LogP contribution < -0.4 is 5.73 Å². The highest BCUT2D eigenvalue weighted by Gasteiger charge is 2.43. The van der Waals surface area contributed by atoms with Crippen molar-refractivity contribution < 1.29 is 14.6 Å². The van der Waals surface area contributed by atoms with Gasteiger partial charge in [0.05, 0.1) is 18.3 Å². The zero-order chi connectivity index (χ0) is 13.3. The van der Waals surface area contributed by atoms with Crippen molar-refractivity contribution in [3.05, 3.63) is 29.8 Å². The molecule has 0 bridgehead atoms. The summed E-state index contributed by atoms with van der Waals surface area (Å²) in [4.78, 5) is 0. The number of hydrogen-bond acceptors (Lipinski definition) is 4. The van der Waals surface area contributed by atoms with Crippen LogP contribution in [0.5, 0.6) is 0 Å². The van der Waals surface area contributed by atoms with E-state index in [0.717, 1.165) is 31.4 Å². The Balaban J connectivity index is 1.76. The minimum Gasteiger partial charge on any atom is -0.398 e. The molecule has 1 aromatic rings. The smallest absolute Gasteiger partial charge is 0.0940 e. The molecule has 2 aliphatic heterocycles. The van der Waals surface area contributed by atoms with E-state index in [1.54, 1.807) is 0 Å². The van der Waals surface area contributed by atoms with Gasteiger partial charge in [-0.2, -0.15) is 0 Å². The number of aliphatic hydroxyl groups is 1. The van der Waals surface area contributed by atoms with E-state index in [1.807, 2.05) is 24.3 Å². The Morgan fingerprint density at radius 3 is 2.89 bits per heavy atom. The fraction of sp³-hybridized carbons (Fsp3) is 0.600. The second-order valence-corrected chi connectivity index (χ2v) is 5.66. The molecule has 0 amide bonds. The maximum absolute atomic E-state index is 10.6. The number of benzene rings is 1. The summed E-state index contributed by atoms with van der Waals surface area (Å²) in [6, 6.07) is 7.56. The lowest BCUT2D eigenvalue weighted by atomic mass is 9.80. The summed E-state index contributed by atoms with van der Waals surface area (Å²) < 4.78 is 11.4. The third kappa shape index (κ3) is 2.48. The number of para-hydroxylation sites is 1.